The van der Waals surface area contributed by atoms with Gasteiger partial charge < -0.3 is 19.7 Å². The van der Waals surface area contributed by atoms with E-state index in [1.165, 1.54) is 66.8 Å². The Morgan fingerprint density at radius 3 is 0.880 bits per heavy atom. The number of hydrogen-bond acceptors (Lipinski definition) is 6. The van der Waals surface area contributed by atoms with Crippen molar-refractivity contribution in [2.45, 2.75) is 79.8 Å². The molecule has 0 radical (unpaired) electrons. The number of rotatable bonds is 14. The fourth-order valence-electron chi connectivity index (χ4n) is 7.86. The molecular weight excluding hydrogens is 620 g/mol. The molecule has 1 saturated heterocycles. The van der Waals surface area contributed by atoms with Crippen LogP contribution in [0.2, 0.25) is 0 Å². The maximum Gasteiger partial charge on any atom is 0.109 e. The first-order chi connectivity index (χ1) is 23.9. The predicted octanol–water partition coefficient (Wildman–Crippen LogP) is 7.41. The first kappa shape index (κ1) is 37.9. The lowest BCUT2D eigenvalue weighted by Gasteiger charge is -2.36. The van der Waals surface area contributed by atoms with Crippen molar-refractivity contribution < 1.29 is 19.7 Å². The fourth-order valence-corrected chi connectivity index (χ4v) is 7.86. The molecule has 268 valence electrons. The summed E-state index contributed by atoms with van der Waals surface area (Å²) in [7, 11) is 0. The van der Waals surface area contributed by atoms with Gasteiger partial charge in [-0.3, -0.25) is 9.80 Å². The molecule has 1 aliphatic heterocycles. The number of aliphatic hydroxyl groups excluding tert-OH is 2. The van der Waals surface area contributed by atoms with Crippen molar-refractivity contribution in [2.75, 3.05) is 52.5 Å². The summed E-state index contributed by atoms with van der Waals surface area (Å²) in [5.74, 6) is 0. The molecule has 2 N–H and O–H groups in total. The minimum atomic E-state index is -0.608. The molecule has 4 aromatic carbocycles. The van der Waals surface area contributed by atoms with Gasteiger partial charge in [0, 0.05) is 39.3 Å². The second-order valence-electron chi connectivity index (χ2n) is 14.6. The number of nitrogens with zero attached hydrogens (tertiary/aromatic N) is 2. The van der Waals surface area contributed by atoms with E-state index in [9.17, 15) is 10.2 Å². The van der Waals surface area contributed by atoms with Crippen LogP contribution in [0.15, 0.2) is 72.8 Å². The van der Waals surface area contributed by atoms with E-state index < -0.39 is 12.2 Å². The Labute approximate surface area is 300 Å². The van der Waals surface area contributed by atoms with Gasteiger partial charge in [-0.15, -0.1) is 0 Å². The van der Waals surface area contributed by atoms with Gasteiger partial charge in [0.05, 0.1) is 25.4 Å². The maximum atomic E-state index is 11.2. The van der Waals surface area contributed by atoms with E-state index in [0.717, 1.165) is 26.2 Å². The van der Waals surface area contributed by atoms with Gasteiger partial charge >= 0.3 is 0 Å². The molecule has 50 heavy (non-hydrogen) atoms. The quantitative estimate of drug-likeness (QED) is 0.145. The highest BCUT2D eigenvalue weighted by atomic mass is 16.5. The second kappa shape index (κ2) is 17.2. The zero-order valence-corrected chi connectivity index (χ0v) is 31.5. The Hall–Kier alpha value is -3.36. The summed E-state index contributed by atoms with van der Waals surface area (Å²) in [4.78, 5) is 4.61. The minimum Gasteiger partial charge on any atom is -0.389 e. The van der Waals surface area contributed by atoms with Gasteiger partial charge in [0.1, 0.15) is 12.2 Å². The Kier molecular flexibility index (Phi) is 13.1. The number of β-amino-alcohol motifs (C(OH)–C–C–N with tert-alkyl or cyclic N) is 2. The summed E-state index contributed by atoms with van der Waals surface area (Å²) in [5, 5.41) is 22.4. The van der Waals surface area contributed by atoms with E-state index in [-0.39, 0.29) is 25.4 Å². The van der Waals surface area contributed by atoms with E-state index in [4.69, 9.17) is 9.47 Å². The average Bonchev–Trinajstić information content (AvgIpc) is 3.06. The highest BCUT2D eigenvalue weighted by Crippen LogP contribution is 2.36. The average molecular weight is 679 g/mol. The monoisotopic (exact) mass is 678 g/mol. The largest absolute Gasteiger partial charge is 0.389 e. The molecule has 1 aliphatic rings. The van der Waals surface area contributed by atoms with Gasteiger partial charge in [0.15, 0.2) is 0 Å². The molecule has 1 fully saturated rings. The van der Waals surface area contributed by atoms with Gasteiger partial charge in [0.2, 0.25) is 0 Å². The molecule has 2 atom stereocenters. The highest BCUT2D eigenvalue weighted by molar-refractivity contribution is 5.47. The summed E-state index contributed by atoms with van der Waals surface area (Å²) in [5.41, 5.74) is 14.3. The summed E-state index contributed by atoms with van der Waals surface area (Å²) in [6, 6.07) is 25.5. The molecule has 2 unspecified atom stereocenters. The minimum absolute atomic E-state index is 0.239. The van der Waals surface area contributed by atoms with Gasteiger partial charge in [0.25, 0.3) is 0 Å². The first-order valence-electron chi connectivity index (χ1n) is 18.2. The number of benzene rings is 4. The van der Waals surface area contributed by atoms with Crippen LogP contribution >= 0.6 is 0 Å². The van der Waals surface area contributed by atoms with E-state index in [1.54, 1.807) is 0 Å². The molecule has 6 nitrogen and oxygen atoms in total. The lowest BCUT2D eigenvalue weighted by atomic mass is 9.88. The van der Waals surface area contributed by atoms with Crippen molar-refractivity contribution in [1.82, 2.24) is 9.80 Å². The van der Waals surface area contributed by atoms with Crippen LogP contribution < -0.4 is 0 Å². The summed E-state index contributed by atoms with van der Waals surface area (Å²) in [6.07, 6.45) is -1.69. The Bertz CT molecular complexity index is 1420. The molecule has 4 aromatic rings. The van der Waals surface area contributed by atoms with Crippen molar-refractivity contribution in [3.05, 3.63) is 140 Å². The Morgan fingerprint density at radius 2 is 0.660 bits per heavy atom. The molecule has 5 rings (SSSR count). The lowest BCUT2D eigenvalue weighted by molar-refractivity contribution is -0.0273. The number of aliphatic hydroxyl groups is 2. The molecule has 6 heteroatoms. The first-order valence-corrected chi connectivity index (χ1v) is 18.2. The number of hydrogen-bond donors (Lipinski definition) is 2. The van der Waals surface area contributed by atoms with E-state index in [2.05, 4.69) is 138 Å². The molecule has 0 bridgehead atoms. The van der Waals surface area contributed by atoms with E-state index >= 15 is 0 Å². The topological polar surface area (TPSA) is 65.4 Å². The van der Waals surface area contributed by atoms with Crippen molar-refractivity contribution in [1.29, 1.82) is 0 Å². The third-order valence-corrected chi connectivity index (χ3v) is 10.5. The van der Waals surface area contributed by atoms with Crippen LogP contribution in [-0.4, -0.2) is 84.7 Å². The maximum absolute atomic E-state index is 11.2. The molecule has 0 aliphatic carbocycles. The zero-order valence-electron chi connectivity index (χ0n) is 31.5. The summed E-state index contributed by atoms with van der Waals surface area (Å²) < 4.78 is 13.2. The van der Waals surface area contributed by atoms with Crippen LogP contribution in [0.3, 0.4) is 0 Å². The Balaban J connectivity index is 1.15. The van der Waals surface area contributed by atoms with Crippen LogP contribution in [0.4, 0.5) is 0 Å². The smallest absolute Gasteiger partial charge is 0.109 e. The third-order valence-electron chi connectivity index (χ3n) is 10.5. The number of piperazine rings is 1. The Morgan fingerprint density at radius 1 is 0.440 bits per heavy atom. The van der Waals surface area contributed by atoms with Crippen molar-refractivity contribution in [3.63, 3.8) is 0 Å². The van der Waals surface area contributed by atoms with Gasteiger partial charge in [-0.25, -0.2) is 0 Å². The number of ether oxygens (including phenoxy) is 2. The highest BCUT2D eigenvalue weighted by Gasteiger charge is 2.27. The van der Waals surface area contributed by atoms with E-state index in [1.807, 2.05) is 0 Å². The predicted molar refractivity (Wildman–Crippen MR) is 204 cm³/mol. The fraction of sp³-hybridized carbons (Fsp3) is 0.455. The van der Waals surface area contributed by atoms with Crippen LogP contribution in [0.5, 0.6) is 0 Å². The number of aryl methyl sites for hydroxylation is 8. The van der Waals surface area contributed by atoms with Crippen LogP contribution in [0, 0.1) is 55.4 Å². The summed E-state index contributed by atoms with van der Waals surface area (Å²) >= 11 is 0. The molecule has 0 saturated carbocycles. The van der Waals surface area contributed by atoms with Gasteiger partial charge in [-0.2, -0.15) is 0 Å². The lowest BCUT2D eigenvalue weighted by Crippen LogP contribution is -2.51. The van der Waals surface area contributed by atoms with Crippen LogP contribution in [-0.2, 0) is 9.47 Å². The van der Waals surface area contributed by atoms with Crippen LogP contribution in [0.1, 0.15) is 79.0 Å². The molecule has 0 amide bonds. The second-order valence-corrected chi connectivity index (χ2v) is 14.6. The summed E-state index contributed by atoms with van der Waals surface area (Å²) in [6.45, 7) is 22.0. The molecule has 0 spiro atoms. The van der Waals surface area contributed by atoms with E-state index in [0.29, 0.717) is 13.1 Å². The standard InChI is InChI=1S/C44H58N2O4/c1-29-13-9-14-30(2)39(29)43(40-31(3)15-10-16-32(40)4)49-27-37(47)25-45-21-23-46(24-22-45)26-38(48)28-50-44(41-33(5)17-11-18-34(41)6)42-35(7)19-12-20-36(42)8/h9-20,37-38,43-44,47-48H,21-28H2,1-8H3. The van der Waals surface area contributed by atoms with Crippen molar-refractivity contribution >= 4 is 0 Å². The SMILES string of the molecule is Cc1cccc(C)c1C(OCC(O)CN1CCN(CC(O)COC(c2c(C)cccc2C)c2c(C)cccc2C)CC1)c1c(C)cccc1C. The van der Waals surface area contributed by atoms with Gasteiger partial charge in [-0.05, 0) is 122 Å². The van der Waals surface area contributed by atoms with Gasteiger partial charge in [-0.1, -0.05) is 72.8 Å². The van der Waals surface area contributed by atoms with Crippen LogP contribution in [0.25, 0.3) is 0 Å². The third kappa shape index (κ3) is 9.10. The molecular formula is C44H58N2O4. The molecule has 0 aromatic heterocycles. The normalized spacial score (nSPS) is 15.6. The molecule has 1 heterocycles. The van der Waals surface area contributed by atoms with Crippen molar-refractivity contribution in [2.24, 2.45) is 0 Å². The zero-order chi connectivity index (χ0) is 35.9. The van der Waals surface area contributed by atoms with Crippen molar-refractivity contribution in [3.8, 4) is 0 Å².